The van der Waals surface area contributed by atoms with Crippen molar-refractivity contribution in [2.45, 2.75) is 63.6 Å². The van der Waals surface area contributed by atoms with E-state index in [9.17, 15) is 4.39 Å². The molecular weight excluding hydrogens is 263 g/mol. The maximum absolute atomic E-state index is 14.5. The second kappa shape index (κ2) is 5.60. The lowest BCUT2D eigenvalue weighted by Gasteiger charge is -2.33. The smallest absolute Gasteiger partial charge is 0.146 e. The summed E-state index contributed by atoms with van der Waals surface area (Å²) in [5, 5.41) is 3.45. The molecule has 3 aliphatic rings. The Morgan fingerprint density at radius 2 is 1.95 bits per heavy atom. The van der Waals surface area contributed by atoms with Crippen LogP contribution in [0.5, 0.6) is 0 Å². The Labute approximate surface area is 126 Å². The van der Waals surface area contributed by atoms with Gasteiger partial charge in [0.1, 0.15) is 5.82 Å². The third-order valence-corrected chi connectivity index (χ3v) is 5.50. The van der Waals surface area contributed by atoms with Crippen LogP contribution in [-0.2, 0) is 6.54 Å². The van der Waals surface area contributed by atoms with Crippen molar-refractivity contribution < 1.29 is 4.39 Å². The van der Waals surface area contributed by atoms with Gasteiger partial charge in [-0.1, -0.05) is 18.9 Å². The second-order valence-electron chi connectivity index (χ2n) is 7.03. The predicted molar refractivity (Wildman–Crippen MR) is 84.0 cm³/mol. The molecule has 2 atom stereocenters. The molecule has 0 amide bonds. The molecule has 4 rings (SSSR count). The fourth-order valence-corrected chi connectivity index (χ4v) is 4.15. The van der Waals surface area contributed by atoms with Gasteiger partial charge in [0.05, 0.1) is 5.69 Å². The quantitative estimate of drug-likeness (QED) is 0.905. The van der Waals surface area contributed by atoms with Crippen molar-refractivity contribution in [1.82, 2.24) is 5.32 Å². The van der Waals surface area contributed by atoms with Crippen LogP contribution in [0.2, 0.25) is 0 Å². The summed E-state index contributed by atoms with van der Waals surface area (Å²) < 4.78 is 14.5. The van der Waals surface area contributed by atoms with Crippen LogP contribution < -0.4 is 10.2 Å². The van der Waals surface area contributed by atoms with Crippen molar-refractivity contribution in [3.05, 3.63) is 29.6 Å². The normalized spacial score (nSPS) is 28.7. The first kappa shape index (κ1) is 13.6. The first-order valence-corrected chi connectivity index (χ1v) is 8.60. The molecule has 21 heavy (non-hydrogen) atoms. The molecule has 3 heteroatoms. The Morgan fingerprint density at radius 1 is 1.10 bits per heavy atom. The zero-order valence-corrected chi connectivity index (χ0v) is 12.7. The molecule has 2 nitrogen and oxygen atoms in total. The summed E-state index contributed by atoms with van der Waals surface area (Å²) in [6.07, 6.45) is 9.05. The first-order chi connectivity index (χ1) is 10.3. The van der Waals surface area contributed by atoms with Gasteiger partial charge in [0.15, 0.2) is 0 Å². The third-order valence-electron chi connectivity index (χ3n) is 5.50. The molecule has 2 aliphatic carbocycles. The zero-order chi connectivity index (χ0) is 14.2. The minimum atomic E-state index is -0.0312. The molecule has 1 aromatic carbocycles. The fraction of sp³-hybridized carbons (Fsp3) is 0.667. The molecular formula is C18H25FN2. The SMILES string of the molecule is Fc1cc(CNC2CC2)ccc1N1CCC2CCCCC21. The van der Waals surface area contributed by atoms with E-state index in [1.54, 1.807) is 6.07 Å². The highest BCUT2D eigenvalue weighted by Gasteiger charge is 2.36. The van der Waals surface area contributed by atoms with Gasteiger partial charge in [0.2, 0.25) is 0 Å². The van der Waals surface area contributed by atoms with Crippen LogP contribution in [-0.4, -0.2) is 18.6 Å². The Balaban J connectivity index is 1.49. The number of hydrogen-bond acceptors (Lipinski definition) is 2. The largest absolute Gasteiger partial charge is 0.366 e. The van der Waals surface area contributed by atoms with Crippen molar-refractivity contribution in [3.63, 3.8) is 0 Å². The molecule has 0 aromatic heterocycles. The molecule has 1 N–H and O–H groups in total. The Hall–Kier alpha value is -1.09. The van der Waals surface area contributed by atoms with Gasteiger partial charge in [0.25, 0.3) is 0 Å². The van der Waals surface area contributed by atoms with E-state index in [1.165, 1.54) is 44.9 Å². The van der Waals surface area contributed by atoms with Crippen LogP contribution in [0.1, 0.15) is 50.5 Å². The lowest BCUT2D eigenvalue weighted by atomic mass is 9.85. The minimum absolute atomic E-state index is 0.0312. The van der Waals surface area contributed by atoms with Gasteiger partial charge < -0.3 is 10.2 Å². The number of nitrogens with zero attached hydrogens (tertiary/aromatic N) is 1. The Kier molecular flexibility index (Phi) is 3.62. The molecule has 114 valence electrons. The summed E-state index contributed by atoms with van der Waals surface area (Å²) >= 11 is 0. The van der Waals surface area contributed by atoms with Crippen molar-refractivity contribution in [3.8, 4) is 0 Å². The van der Waals surface area contributed by atoms with E-state index in [1.807, 2.05) is 6.07 Å². The van der Waals surface area contributed by atoms with Crippen LogP contribution in [0.4, 0.5) is 10.1 Å². The number of halogens is 1. The highest BCUT2D eigenvalue weighted by atomic mass is 19.1. The molecule has 1 aliphatic heterocycles. The monoisotopic (exact) mass is 288 g/mol. The summed E-state index contributed by atoms with van der Waals surface area (Å²) in [5.41, 5.74) is 1.90. The lowest BCUT2D eigenvalue weighted by molar-refractivity contribution is 0.341. The maximum Gasteiger partial charge on any atom is 0.146 e. The average molecular weight is 288 g/mol. The van der Waals surface area contributed by atoms with Gasteiger partial charge in [-0.05, 0) is 55.7 Å². The third kappa shape index (κ3) is 2.80. The van der Waals surface area contributed by atoms with Crippen LogP contribution in [0.15, 0.2) is 18.2 Å². The minimum Gasteiger partial charge on any atom is -0.366 e. The number of hydrogen-bond donors (Lipinski definition) is 1. The first-order valence-electron chi connectivity index (χ1n) is 8.60. The summed E-state index contributed by atoms with van der Waals surface area (Å²) in [6, 6.07) is 7.11. The lowest BCUT2D eigenvalue weighted by Crippen LogP contribution is -2.35. The van der Waals surface area contributed by atoms with Crippen molar-refractivity contribution >= 4 is 5.69 Å². The van der Waals surface area contributed by atoms with E-state index >= 15 is 0 Å². The molecule has 3 fully saturated rings. The van der Waals surface area contributed by atoms with E-state index < -0.39 is 0 Å². The van der Waals surface area contributed by atoms with Crippen LogP contribution in [0.25, 0.3) is 0 Å². The number of rotatable bonds is 4. The molecule has 1 saturated heterocycles. The van der Waals surface area contributed by atoms with Crippen molar-refractivity contribution in [2.75, 3.05) is 11.4 Å². The van der Waals surface area contributed by atoms with Gasteiger partial charge in [-0.15, -0.1) is 0 Å². The summed E-state index contributed by atoms with van der Waals surface area (Å²) in [5.74, 6) is 0.769. The molecule has 2 saturated carbocycles. The topological polar surface area (TPSA) is 15.3 Å². The van der Waals surface area contributed by atoms with Crippen molar-refractivity contribution in [1.29, 1.82) is 0 Å². The fourth-order valence-electron chi connectivity index (χ4n) is 4.15. The van der Waals surface area contributed by atoms with E-state index in [-0.39, 0.29) is 5.82 Å². The van der Waals surface area contributed by atoms with Crippen LogP contribution in [0.3, 0.4) is 0 Å². The number of anilines is 1. The summed E-state index contributed by atoms with van der Waals surface area (Å²) in [6.45, 7) is 1.83. The van der Waals surface area contributed by atoms with Gasteiger partial charge in [-0.25, -0.2) is 4.39 Å². The van der Waals surface area contributed by atoms with E-state index in [0.717, 1.165) is 30.3 Å². The molecule has 0 bridgehead atoms. The van der Waals surface area contributed by atoms with E-state index in [4.69, 9.17) is 0 Å². The van der Waals surface area contributed by atoms with Crippen molar-refractivity contribution in [2.24, 2.45) is 5.92 Å². The standard InChI is InChI=1S/C18H25FN2/c19-16-11-13(12-20-15-6-7-15)5-8-18(16)21-10-9-14-3-1-2-4-17(14)21/h5,8,11,14-15,17,20H,1-4,6-7,9-10,12H2. The van der Waals surface area contributed by atoms with Gasteiger partial charge >= 0.3 is 0 Å². The highest BCUT2D eigenvalue weighted by molar-refractivity contribution is 5.51. The van der Waals surface area contributed by atoms with E-state index in [2.05, 4.69) is 16.3 Å². The molecule has 1 heterocycles. The van der Waals surface area contributed by atoms with Crippen LogP contribution >= 0.6 is 0 Å². The second-order valence-corrected chi connectivity index (χ2v) is 7.03. The predicted octanol–water partition coefficient (Wildman–Crippen LogP) is 3.85. The number of benzene rings is 1. The van der Waals surface area contributed by atoms with E-state index in [0.29, 0.717) is 12.1 Å². The highest BCUT2D eigenvalue weighted by Crippen LogP contribution is 2.39. The summed E-state index contributed by atoms with van der Waals surface area (Å²) in [4.78, 5) is 2.34. The van der Waals surface area contributed by atoms with Gasteiger partial charge in [-0.2, -0.15) is 0 Å². The average Bonchev–Trinajstić information content (AvgIpc) is 3.24. The molecule has 1 aromatic rings. The number of fused-ring (bicyclic) bond motifs is 1. The van der Waals surface area contributed by atoms with Gasteiger partial charge in [-0.3, -0.25) is 0 Å². The molecule has 2 unspecified atom stereocenters. The Bertz CT molecular complexity index is 512. The number of nitrogens with one attached hydrogen (secondary N) is 1. The summed E-state index contributed by atoms with van der Waals surface area (Å²) in [7, 11) is 0. The maximum atomic E-state index is 14.5. The Morgan fingerprint density at radius 3 is 2.76 bits per heavy atom. The van der Waals surface area contributed by atoms with Gasteiger partial charge in [0, 0.05) is 25.2 Å². The van der Waals surface area contributed by atoms with Crippen LogP contribution in [0, 0.1) is 11.7 Å². The molecule has 0 spiro atoms. The molecule has 0 radical (unpaired) electrons. The zero-order valence-electron chi connectivity index (χ0n) is 12.7.